The molecule has 0 bridgehead atoms. The number of aryl methyl sites for hydroxylation is 1. The van der Waals surface area contributed by atoms with E-state index < -0.39 is 0 Å². The topological polar surface area (TPSA) is 37.2 Å². The maximum absolute atomic E-state index is 5.13. The normalized spacial score (nSPS) is 11.1. The first-order valence-corrected chi connectivity index (χ1v) is 19.3. The molecule has 0 spiro atoms. The lowest BCUT2D eigenvalue weighted by atomic mass is 9.97. The van der Waals surface area contributed by atoms with Crippen LogP contribution in [0, 0.1) is 0 Å². The standard InChI is InChI=1S/C47H40BrN5/c48-34-14-5-15-35-51-49-46-44(36-24-28-42(29-25-36)52(38-16-6-1-7-17-38)39-18-8-2-9-19-39)32-33-45(47(46)50-51)37-26-30-43(31-27-37)53(40-20-10-3-11-21-40)41-22-12-4-13-23-41/h1-4,6-13,16-33H,5,14-15,34-35H2. The molecular formula is C47H40BrN5. The average Bonchev–Trinajstić information content (AvgIpc) is 3.66. The van der Waals surface area contributed by atoms with Crippen molar-refractivity contribution in [1.29, 1.82) is 0 Å². The molecule has 8 rings (SSSR count). The maximum Gasteiger partial charge on any atom is 0.121 e. The predicted molar refractivity (Wildman–Crippen MR) is 225 cm³/mol. The Bertz CT molecular complexity index is 2120. The molecule has 0 aliphatic rings. The van der Waals surface area contributed by atoms with Gasteiger partial charge in [0.15, 0.2) is 0 Å². The van der Waals surface area contributed by atoms with Crippen molar-refractivity contribution < 1.29 is 0 Å². The van der Waals surface area contributed by atoms with Crippen LogP contribution in [0.1, 0.15) is 19.3 Å². The molecule has 0 N–H and O–H groups in total. The summed E-state index contributed by atoms with van der Waals surface area (Å²) in [5.74, 6) is 0. The molecule has 8 aromatic rings. The fourth-order valence-electron chi connectivity index (χ4n) is 6.91. The molecule has 53 heavy (non-hydrogen) atoms. The second-order valence-corrected chi connectivity index (χ2v) is 13.8. The number of benzene rings is 7. The number of halogens is 1. The van der Waals surface area contributed by atoms with Crippen molar-refractivity contribution in [2.45, 2.75) is 25.8 Å². The number of hydrogen-bond acceptors (Lipinski definition) is 4. The Morgan fingerprint density at radius 2 is 0.717 bits per heavy atom. The molecule has 0 saturated carbocycles. The molecule has 0 amide bonds. The van der Waals surface area contributed by atoms with Gasteiger partial charge >= 0.3 is 0 Å². The molecule has 1 aromatic heterocycles. The summed E-state index contributed by atoms with van der Waals surface area (Å²) in [7, 11) is 0. The number of rotatable bonds is 13. The molecule has 5 nitrogen and oxygen atoms in total. The third-order valence-electron chi connectivity index (χ3n) is 9.50. The van der Waals surface area contributed by atoms with Crippen LogP contribution in [-0.2, 0) is 6.54 Å². The van der Waals surface area contributed by atoms with E-state index in [9.17, 15) is 0 Å². The molecule has 1 heterocycles. The van der Waals surface area contributed by atoms with Crippen LogP contribution in [0.15, 0.2) is 182 Å². The van der Waals surface area contributed by atoms with E-state index in [1.165, 1.54) is 0 Å². The summed E-state index contributed by atoms with van der Waals surface area (Å²) in [5, 5.41) is 11.3. The first kappa shape index (κ1) is 34.1. The van der Waals surface area contributed by atoms with Crippen LogP contribution in [0.25, 0.3) is 33.3 Å². The summed E-state index contributed by atoms with van der Waals surface area (Å²) >= 11 is 3.57. The average molecular weight is 755 g/mol. The first-order valence-electron chi connectivity index (χ1n) is 18.2. The van der Waals surface area contributed by atoms with E-state index in [4.69, 9.17) is 10.2 Å². The molecular weight excluding hydrogens is 714 g/mol. The summed E-state index contributed by atoms with van der Waals surface area (Å²) in [4.78, 5) is 6.46. The molecule has 0 saturated heterocycles. The molecule has 0 radical (unpaired) electrons. The highest BCUT2D eigenvalue weighted by molar-refractivity contribution is 9.09. The van der Waals surface area contributed by atoms with Crippen LogP contribution in [0.3, 0.4) is 0 Å². The minimum Gasteiger partial charge on any atom is -0.311 e. The fourth-order valence-corrected chi connectivity index (χ4v) is 7.31. The van der Waals surface area contributed by atoms with Gasteiger partial charge in [0.1, 0.15) is 11.0 Å². The number of unbranched alkanes of at least 4 members (excludes halogenated alkanes) is 2. The minimum absolute atomic E-state index is 0.782. The SMILES string of the molecule is BrCCCCCn1nc2c(-c3ccc(N(c4ccccc4)c4ccccc4)cc3)ccc(-c3ccc(N(c4ccccc4)c4ccccc4)cc3)c2n1. The number of nitrogens with zero attached hydrogens (tertiary/aromatic N) is 5. The summed E-state index contributed by atoms with van der Waals surface area (Å²) in [6.45, 7) is 0.782. The Hall–Kier alpha value is -5.98. The molecule has 0 aliphatic carbocycles. The Morgan fingerprint density at radius 1 is 0.377 bits per heavy atom. The third-order valence-corrected chi connectivity index (χ3v) is 10.1. The number of anilines is 6. The van der Waals surface area contributed by atoms with Crippen molar-refractivity contribution in [3.63, 3.8) is 0 Å². The van der Waals surface area contributed by atoms with Crippen molar-refractivity contribution in [2.75, 3.05) is 15.1 Å². The minimum atomic E-state index is 0.782. The number of fused-ring (bicyclic) bond motifs is 1. The second kappa shape index (κ2) is 16.1. The lowest BCUT2D eigenvalue weighted by Gasteiger charge is -2.25. The van der Waals surface area contributed by atoms with Crippen LogP contribution in [0.5, 0.6) is 0 Å². The molecule has 0 fully saturated rings. The molecule has 260 valence electrons. The van der Waals surface area contributed by atoms with Crippen LogP contribution in [0.2, 0.25) is 0 Å². The zero-order valence-corrected chi connectivity index (χ0v) is 31.1. The maximum atomic E-state index is 5.13. The van der Waals surface area contributed by atoms with Gasteiger partial charge in [0.2, 0.25) is 0 Å². The quantitative estimate of drug-likeness (QED) is 0.0868. The van der Waals surface area contributed by atoms with Gasteiger partial charge < -0.3 is 9.80 Å². The number of para-hydroxylation sites is 4. The van der Waals surface area contributed by atoms with E-state index in [0.717, 1.165) is 98.5 Å². The molecule has 0 aliphatic heterocycles. The van der Waals surface area contributed by atoms with Crippen molar-refractivity contribution in [1.82, 2.24) is 15.0 Å². The molecule has 6 heteroatoms. The van der Waals surface area contributed by atoms with Gasteiger partial charge in [0.05, 0.1) is 6.54 Å². The van der Waals surface area contributed by atoms with Gasteiger partial charge in [-0.3, -0.25) is 0 Å². The van der Waals surface area contributed by atoms with E-state index >= 15 is 0 Å². The largest absolute Gasteiger partial charge is 0.311 e. The van der Waals surface area contributed by atoms with Gasteiger partial charge in [-0.15, -0.1) is 0 Å². The van der Waals surface area contributed by atoms with Gasteiger partial charge in [0, 0.05) is 50.6 Å². The van der Waals surface area contributed by atoms with Gasteiger partial charge in [-0.1, -0.05) is 132 Å². The Balaban J connectivity index is 1.16. The van der Waals surface area contributed by atoms with E-state index in [0.29, 0.717) is 0 Å². The summed E-state index contributed by atoms with van der Waals surface area (Å²) in [6, 6.07) is 64.0. The van der Waals surface area contributed by atoms with E-state index in [-0.39, 0.29) is 0 Å². The van der Waals surface area contributed by atoms with E-state index in [2.05, 4.69) is 208 Å². The summed E-state index contributed by atoms with van der Waals surface area (Å²) in [6.07, 6.45) is 3.30. The van der Waals surface area contributed by atoms with E-state index in [1.54, 1.807) is 0 Å². The van der Waals surface area contributed by atoms with Crippen LogP contribution in [-0.4, -0.2) is 20.3 Å². The Morgan fingerprint density at radius 3 is 1.06 bits per heavy atom. The summed E-state index contributed by atoms with van der Waals surface area (Å²) in [5.41, 5.74) is 12.8. The van der Waals surface area contributed by atoms with Crippen LogP contribution in [0.4, 0.5) is 34.1 Å². The summed E-state index contributed by atoms with van der Waals surface area (Å²) < 4.78 is 0. The van der Waals surface area contributed by atoms with Crippen molar-refractivity contribution >= 4 is 61.1 Å². The highest BCUT2D eigenvalue weighted by Crippen LogP contribution is 2.39. The van der Waals surface area contributed by atoms with Gasteiger partial charge in [-0.2, -0.15) is 15.0 Å². The lowest BCUT2D eigenvalue weighted by Crippen LogP contribution is -2.09. The lowest BCUT2D eigenvalue weighted by molar-refractivity contribution is 0.503. The van der Waals surface area contributed by atoms with Crippen molar-refractivity contribution in [2.24, 2.45) is 0 Å². The first-order chi connectivity index (χ1) is 26.3. The molecule has 0 unspecified atom stereocenters. The Labute approximate surface area is 319 Å². The molecule has 7 aromatic carbocycles. The smallest absolute Gasteiger partial charge is 0.121 e. The second-order valence-electron chi connectivity index (χ2n) is 13.0. The fraction of sp³-hybridized carbons (Fsp3) is 0.106. The van der Waals surface area contributed by atoms with Crippen molar-refractivity contribution in [3.8, 4) is 22.3 Å². The predicted octanol–water partition coefficient (Wildman–Crippen LogP) is 13.3. The molecule has 0 atom stereocenters. The van der Waals surface area contributed by atoms with Gasteiger partial charge in [-0.05, 0) is 96.8 Å². The monoisotopic (exact) mass is 753 g/mol. The Kier molecular flexibility index (Phi) is 10.4. The van der Waals surface area contributed by atoms with Gasteiger partial charge in [-0.25, -0.2) is 0 Å². The highest BCUT2D eigenvalue weighted by atomic mass is 79.9. The number of hydrogen-bond donors (Lipinski definition) is 0. The number of alkyl halides is 1. The van der Waals surface area contributed by atoms with Crippen LogP contribution < -0.4 is 9.80 Å². The number of aromatic nitrogens is 3. The zero-order valence-electron chi connectivity index (χ0n) is 29.5. The van der Waals surface area contributed by atoms with Gasteiger partial charge in [0.25, 0.3) is 0 Å². The highest BCUT2D eigenvalue weighted by Gasteiger charge is 2.18. The van der Waals surface area contributed by atoms with Crippen LogP contribution >= 0.6 is 15.9 Å². The third kappa shape index (κ3) is 7.50. The van der Waals surface area contributed by atoms with E-state index in [1.807, 2.05) is 4.80 Å². The van der Waals surface area contributed by atoms with Crippen molar-refractivity contribution in [3.05, 3.63) is 182 Å². The zero-order chi connectivity index (χ0) is 35.8.